The Morgan fingerprint density at radius 2 is 1.88 bits per heavy atom. The monoisotopic (exact) mass is 332 g/mol. The van der Waals surface area contributed by atoms with E-state index in [9.17, 15) is 14.7 Å². The number of carbonyl (C=O) groups excluding carboxylic acids is 2. The summed E-state index contributed by atoms with van der Waals surface area (Å²) in [6.45, 7) is 6.36. The molecule has 3 nitrogen and oxygen atoms in total. The highest BCUT2D eigenvalue weighted by atomic mass is 16.3. The summed E-state index contributed by atoms with van der Waals surface area (Å²) < 4.78 is 0. The van der Waals surface area contributed by atoms with Gasteiger partial charge in [0.25, 0.3) is 0 Å². The highest BCUT2D eigenvalue weighted by Gasteiger charge is 2.63. The Kier molecular flexibility index (Phi) is 3.77. The van der Waals surface area contributed by atoms with Crippen LogP contribution in [0.5, 0.6) is 0 Å². The minimum atomic E-state index is -0.308. The van der Waals surface area contributed by atoms with Gasteiger partial charge in [-0.2, -0.15) is 0 Å². The van der Waals surface area contributed by atoms with Gasteiger partial charge in [-0.15, -0.1) is 0 Å². The molecule has 0 bridgehead atoms. The van der Waals surface area contributed by atoms with Crippen LogP contribution in [-0.4, -0.2) is 22.8 Å². The van der Waals surface area contributed by atoms with E-state index in [0.717, 1.165) is 44.9 Å². The van der Waals surface area contributed by atoms with E-state index in [0.29, 0.717) is 41.7 Å². The Labute approximate surface area is 145 Å². The van der Waals surface area contributed by atoms with E-state index in [-0.39, 0.29) is 22.9 Å². The zero-order valence-electron chi connectivity index (χ0n) is 15.4. The third-order valence-corrected chi connectivity index (χ3v) is 8.90. The first-order chi connectivity index (χ1) is 11.3. The number of aliphatic hydroxyl groups excluding tert-OH is 1. The first-order valence-corrected chi connectivity index (χ1v) is 9.97. The molecule has 0 aromatic rings. The van der Waals surface area contributed by atoms with Crippen molar-refractivity contribution in [2.45, 2.75) is 78.2 Å². The summed E-state index contributed by atoms with van der Waals surface area (Å²) in [6, 6.07) is 0. The van der Waals surface area contributed by atoms with Gasteiger partial charge >= 0.3 is 0 Å². The van der Waals surface area contributed by atoms with Crippen molar-refractivity contribution in [3.8, 4) is 0 Å². The van der Waals surface area contributed by atoms with E-state index in [1.807, 2.05) is 0 Å². The molecule has 4 fully saturated rings. The molecule has 8 atom stereocenters. The van der Waals surface area contributed by atoms with Crippen molar-refractivity contribution in [2.24, 2.45) is 40.4 Å². The molecule has 134 valence electrons. The van der Waals surface area contributed by atoms with Gasteiger partial charge < -0.3 is 5.11 Å². The predicted octanol–water partition coefficient (Wildman–Crippen LogP) is 3.77. The van der Waals surface area contributed by atoms with Crippen molar-refractivity contribution in [3.05, 3.63) is 0 Å². The van der Waals surface area contributed by atoms with Crippen molar-refractivity contribution in [1.29, 1.82) is 0 Å². The molecule has 0 heterocycles. The molecule has 0 spiro atoms. The van der Waals surface area contributed by atoms with E-state index in [1.54, 1.807) is 6.92 Å². The third-order valence-electron chi connectivity index (χ3n) is 8.90. The third kappa shape index (κ3) is 2.12. The molecule has 4 aliphatic carbocycles. The van der Waals surface area contributed by atoms with Crippen LogP contribution in [0.1, 0.15) is 72.1 Å². The molecular formula is C21H32O3. The Balaban J connectivity index is 1.68. The molecule has 1 N–H and O–H groups in total. The van der Waals surface area contributed by atoms with Gasteiger partial charge in [0, 0.05) is 18.8 Å². The number of hydrogen-bond acceptors (Lipinski definition) is 3. The smallest absolute Gasteiger partial charge is 0.133 e. The molecule has 3 heteroatoms. The van der Waals surface area contributed by atoms with Crippen molar-refractivity contribution in [2.75, 3.05) is 0 Å². The second-order valence-electron chi connectivity index (χ2n) is 9.84. The maximum absolute atomic E-state index is 12.2. The highest BCUT2D eigenvalue weighted by molar-refractivity contribution is 5.80. The number of ketones is 2. The fraction of sp³-hybridized carbons (Fsp3) is 0.905. The summed E-state index contributed by atoms with van der Waals surface area (Å²) in [7, 11) is 0. The fourth-order valence-electron chi connectivity index (χ4n) is 7.84. The Bertz CT molecular complexity index is 569. The van der Waals surface area contributed by atoms with Crippen LogP contribution in [-0.2, 0) is 9.59 Å². The molecule has 0 saturated heterocycles. The molecule has 4 aliphatic rings. The van der Waals surface area contributed by atoms with E-state index in [1.165, 1.54) is 0 Å². The number of Topliss-reactive ketones (excluding diaryl/α,β-unsaturated/α-hetero) is 2. The van der Waals surface area contributed by atoms with Crippen molar-refractivity contribution in [1.82, 2.24) is 0 Å². The van der Waals surface area contributed by atoms with E-state index in [2.05, 4.69) is 13.8 Å². The average molecular weight is 332 g/mol. The van der Waals surface area contributed by atoms with Gasteiger partial charge in [-0.1, -0.05) is 13.8 Å². The second kappa shape index (κ2) is 5.40. The van der Waals surface area contributed by atoms with Gasteiger partial charge in [-0.25, -0.2) is 0 Å². The first kappa shape index (κ1) is 16.8. The van der Waals surface area contributed by atoms with Gasteiger partial charge in [0.05, 0.1) is 6.10 Å². The Hall–Kier alpha value is -0.700. The van der Waals surface area contributed by atoms with Crippen LogP contribution < -0.4 is 0 Å². The molecule has 0 aliphatic heterocycles. The SMILES string of the molecule is CC(=O)[C@H]1CC[C@@H]2[C@@H]3CC[C@H]4CC(=O)CC[C@]4(C)[C@H]3[C@H](O)C[C@]12C. The lowest BCUT2D eigenvalue weighted by molar-refractivity contribution is -0.173. The van der Waals surface area contributed by atoms with E-state index in [4.69, 9.17) is 0 Å². The van der Waals surface area contributed by atoms with Crippen LogP contribution in [0.25, 0.3) is 0 Å². The number of carbonyl (C=O) groups is 2. The number of aliphatic hydroxyl groups is 1. The van der Waals surface area contributed by atoms with Gasteiger partial charge in [0.1, 0.15) is 11.6 Å². The van der Waals surface area contributed by atoms with Crippen LogP contribution in [0.15, 0.2) is 0 Å². The molecule has 0 radical (unpaired) electrons. The van der Waals surface area contributed by atoms with Crippen LogP contribution in [0.3, 0.4) is 0 Å². The standard InChI is InChI=1S/C21H32O3/c1-12(22)16-6-7-17-15-5-4-13-10-14(23)8-9-20(13,2)19(15)18(24)11-21(16,17)3/h13,15-19,24H,4-11H2,1-3H3/t13-,15-,16+,17+,18+,19+,20-,21+/m0/s1. The topological polar surface area (TPSA) is 54.4 Å². The van der Waals surface area contributed by atoms with Gasteiger partial charge in [0.15, 0.2) is 0 Å². The van der Waals surface area contributed by atoms with Crippen LogP contribution in [0.4, 0.5) is 0 Å². The van der Waals surface area contributed by atoms with Gasteiger partial charge in [-0.3, -0.25) is 9.59 Å². The maximum atomic E-state index is 12.2. The van der Waals surface area contributed by atoms with Crippen LogP contribution in [0, 0.1) is 40.4 Å². The Morgan fingerprint density at radius 3 is 2.58 bits per heavy atom. The zero-order valence-corrected chi connectivity index (χ0v) is 15.4. The predicted molar refractivity (Wildman–Crippen MR) is 92.3 cm³/mol. The summed E-state index contributed by atoms with van der Waals surface area (Å²) in [4.78, 5) is 24.1. The Morgan fingerprint density at radius 1 is 1.12 bits per heavy atom. The highest BCUT2D eigenvalue weighted by Crippen LogP contribution is 2.67. The normalized spacial score (nSPS) is 53.9. The molecule has 0 amide bonds. The molecule has 24 heavy (non-hydrogen) atoms. The minimum absolute atomic E-state index is 0.0138. The first-order valence-electron chi connectivity index (χ1n) is 9.97. The van der Waals surface area contributed by atoms with Crippen LogP contribution in [0.2, 0.25) is 0 Å². The molecule has 0 aromatic heterocycles. The zero-order chi connectivity index (χ0) is 17.3. The van der Waals surface area contributed by atoms with Gasteiger partial charge in [0.2, 0.25) is 0 Å². The number of rotatable bonds is 1. The van der Waals surface area contributed by atoms with Crippen molar-refractivity contribution < 1.29 is 14.7 Å². The molecule has 4 saturated carbocycles. The summed E-state index contributed by atoms with van der Waals surface area (Å²) in [5.41, 5.74) is 0.103. The average Bonchev–Trinajstić information content (AvgIpc) is 2.84. The lowest BCUT2D eigenvalue weighted by Gasteiger charge is -2.61. The van der Waals surface area contributed by atoms with Crippen LogP contribution >= 0.6 is 0 Å². The lowest BCUT2D eigenvalue weighted by Crippen LogP contribution is -2.59. The largest absolute Gasteiger partial charge is 0.393 e. The number of hydrogen-bond donors (Lipinski definition) is 1. The van der Waals surface area contributed by atoms with Crippen molar-refractivity contribution in [3.63, 3.8) is 0 Å². The number of fused-ring (bicyclic) bond motifs is 5. The van der Waals surface area contributed by atoms with Gasteiger partial charge in [-0.05, 0) is 80.0 Å². The molecule has 0 unspecified atom stereocenters. The second-order valence-corrected chi connectivity index (χ2v) is 9.84. The summed E-state index contributed by atoms with van der Waals surface area (Å²) in [5, 5.41) is 11.2. The molecule has 4 rings (SSSR count). The van der Waals surface area contributed by atoms with Crippen molar-refractivity contribution >= 4 is 11.6 Å². The fourth-order valence-corrected chi connectivity index (χ4v) is 7.84. The van der Waals surface area contributed by atoms with E-state index >= 15 is 0 Å². The summed E-state index contributed by atoms with van der Waals surface area (Å²) in [5.74, 6) is 2.78. The van der Waals surface area contributed by atoms with E-state index < -0.39 is 0 Å². The minimum Gasteiger partial charge on any atom is -0.393 e. The molecular weight excluding hydrogens is 300 g/mol. The quantitative estimate of drug-likeness (QED) is 0.795. The lowest BCUT2D eigenvalue weighted by atomic mass is 9.44. The summed E-state index contributed by atoms with van der Waals surface area (Å²) >= 11 is 0. The summed E-state index contributed by atoms with van der Waals surface area (Å²) in [6.07, 6.45) is 7.27. The molecule has 0 aromatic carbocycles. The maximum Gasteiger partial charge on any atom is 0.133 e.